The van der Waals surface area contributed by atoms with Gasteiger partial charge in [0.05, 0.1) is 46.0 Å². The number of para-hydroxylation sites is 5. The lowest BCUT2D eigenvalue weighted by Gasteiger charge is -2.45. The molecule has 0 saturated carbocycles. The third kappa shape index (κ3) is 11.3. The molecule has 2 aromatic heterocycles. The van der Waals surface area contributed by atoms with E-state index in [2.05, 4.69) is 400 Å². The van der Waals surface area contributed by atoms with E-state index in [4.69, 9.17) is 6.57 Å². The van der Waals surface area contributed by atoms with Crippen molar-refractivity contribution in [2.24, 2.45) is 0 Å². The predicted molar refractivity (Wildman–Crippen MR) is 475 cm³/mol. The van der Waals surface area contributed by atoms with Gasteiger partial charge in [0, 0.05) is 55.8 Å². The molecule has 2 aliphatic rings. The van der Waals surface area contributed by atoms with Gasteiger partial charge in [-0.2, -0.15) is 5.26 Å². The van der Waals surface area contributed by atoms with E-state index in [1.807, 2.05) is 24.3 Å². The van der Waals surface area contributed by atoms with E-state index in [0.717, 1.165) is 151 Å². The lowest BCUT2D eigenvalue weighted by molar-refractivity contribution is 0.590. The van der Waals surface area contributed by atoms with Gasteiger partial charge in [0.2, 0.25) is 6.71 Å². The number of nitrogens with zero attached hydrogens (tertiary/aromatic N) is 5. The molecule has 534 valence electrons. The maximum Gasteiger partial charge on any atom is 0.247 e. The first-order chi connectivity index (χ1) is 55.3. The SMILES string of the molecule is [C-]#[N+]c1ccccc1-c1cc(-c2ccccc2)cc(-c2ccc(C(C)(C)C)cc2)c1N1c2cc(-n3c4ccccc4c4ccccc43)ccc2B2c3ccc(-n4c5ccccc5c5ccccc54)cc3C(c3c(-c4ccc(C(C)(C)C)cc4)cc(-c4ccccc4)cc3-c3ccccc3C#N)c3cc(-c4ccccc4)cc1c32. The van der Waals surface area contributed by atoms with Crippen molar-refractivity contribution in [2.75, 3.05) is 4.90 Å². The van der Waals surface area contributed by atoms with Crippen LogP contribution in [0.5, 0.6) is 0 Å². The van der Waals surface area contributed by atoms with Crippen LogP contribution in [0.25, 0.3) is 138 Å². The lowest BCUT2D eigenvalue weighted by atomic mass is 9.31. The first kappa shape index (κ1) is 68.3. The third-order valence-corrected chi connectivity index (χ3v) is 23.9. The maximum atomic E-state index is 11.7. The van der Waals surface area contributed by atoms with Crippen molar-refractivity contribution < 1.29 is 0 Å². The van der Waals surface area contributed by atoms with Crippen molar-refractivity contribution >= 4 is 89.5 Å². The molecule has 113 heavy (non-hydrogen) atoms. The minimum Gasteiger partial charge on any atom is -0.310 e. The fourth-order valence-corrected chi connectivity index (χ4v) is 18.5. The lowest BCUT2D eigenvalue weighted by Crippen LogP contribution is -2.62. The summed E-state index contributed by atoms with van der Waals surface area (Å²) in [5, 5.41) is 16.4. The average molecular weight is 1440 g/mol. The molecule has 16 aromatic carbocycles. The summed E-state index contributed by atoms with van der Waals surface area (Å²) >= 11 is 0. The Hall–Kier alpha value is -14.0. The standard InChI is InChI=1S/C107H78BN5/c1-106(2,3)77-51-47-71(48-52-77)87-59-74(68-29-11-8-12-30-68)61-89(81-36-18-17-35-73(81)67-109)102(87)103-91-65-79(111-96-43-25-20-38-83(96)84-39-21-26-44-97(84)111)55-57-93(91)108-94-58-56-80(112-98-45-27-22-40-85(98)86-41-23-28-46-99(86)112)66-100(94)113(101-64-76(63-92(103)104(101)108)70-33-15-10-16-34-70)105-88(72-49-53-78(54-50-72)107(4,5)6)60-75(69-31-13-9-14-32-69)62-90(105)82-37-19-24-42-95(82)110-7/h8-66,103H,1-6H3. The van der Waals surface area contributed by atoms with Gasteiger partial charge in [0.1, 0.15) is 0 Å². The van der Waals surface area contributed by atoms with E-state index < -0.39 is 5.92 Å². The van der Waals surface area contributed by atoms with E-state index in [1.54, 1.807) is 0 Å². The molecular formula is C107H78BN5. The molecule has 18 aromatic rings. The van der Waals surface area contributed by atoms with Crippen molar-refractivity contribution in [2.45, 2.75) is 58.3 Å². The minimum absolute atomic E-state index is 0.121. The molecule has 5 nitrogen and oxygen atoms in total. The second kappa shape index (κ2) is 26.9. The topological polar surface area (TPSA) is 41.2 Å². The molecule has 0 amide bonds. The molecule has 6 heteroatoms. The second-order valence-corrected chi connectivity index (χ2v) is 32.4. The van der Waals surface area contributed by atoms with Gasteiger partial charge in [-0.3, -0.25) is 0 Å². The van der Waals surface area contributed by atoms with Gasteiger partial charge >= 0.3 is 0 Å². The first-order valence-corrected chi connectivity index (χ1v) is 39.2. The monoisotopic (exact) mass is 1440 g/mol. The number of fused-ring (bicyclic) bond motifs is 10. The summed E-state index contributed by atoms with van der Waals surface area (Å²) in [5.41, 5.74) is 34.0. The van der Waals surface area contributed by atoms with Crippen LogP contribution in [0.2, 0.25) is 0 Å². The van der Waals surface area contributed by atoms with Crippen LogP contribution < -0.4 is 21.3 Å². The average Bonchev–Trinajstić information content (AvgIpc) is 1.52. The Morgan fingerprint density at radius 1 is 0.336 bits per heavy atom. The number of benzene rings is 16. The molecule has 0 saturated heterocycles. The molecule has 0 bridgehead atoms. The van der Waals surface area contributed by atoms with Crippen molar-refractivity contribution in [3.63, 3.8) is 0 Å². The second-order valence-electron chi connectivity index (χ2n) is 32.4. The number of nitriles is 1. The largest absolute Gasteiger partial charge is 0.310 e. The summed E-state index contributed by atoms with van der Waals surface area (Å²) in [5.74, 6) is -0.511. The Kier molecular flexibility index (Phi) is 16.3. The van der Waals surface area contributed by atoms with Crippen LogP contribution in [-0.2, 0) is 10.8 Å². The van der Waals surface area contributed by atoms with Crippen LogP contribution in [0, 0.1) is 17.9 Å². The highest BCUT2D eigenvalue weighted by Crippen LogP contribution is 2.56. The number of hydrogen-bond donors (Lipinski definition) is 0. The molecule has 20 rings (SSSR count). The third-order valence-electron chi connectivity index (χ3n) is 23.9. The molecule has 1 unspecified atom stereocenters. The summed E-state index contributed by atoms with van der Waals surface area (Å²) in [4.78, 5) is 7.06. The van der Waals surface area contributed by atoms with Gasteiger partial charge in [-0.15, -0.1) is 0 Å². The van der Waals surface area contributed by atoms with E-state index >= 15 is 0 Å². The molecule has 0 spiro atoms. The zero-order chi connectivity index (χ0) is 76.4. The van der Waals surface area contributed by atoms with Gasteiger partial charge in [0.15, 0.2) is 5.69 Å². The Balaban J connectivity index is 0.995. The molecular weight excluding hydrogens is 1370 g/mol. The van der Waals surface area contributed by atoms with Gasteiger partial charge in [0.25, 0.3) is 0 Å². The van der Waals surface area contributed by atoms with Crippen LogP contribution in [0.1, 0.15) is 80.8 Å². The number of rotatable bonds is 11. The molecule has 0 fully saturated rings. The first-order valence-electron chi connectivity index (χ1n) is 39.2. The molecule has 4 heterocycles. The Labute approximate surface area is 660 Å². The summed E-state index contributed by atoms with van der Waals surface area (Å²) in [7, 11) is 0. The quantitative estimate of drug-likeness (QED) is 0.0957. The Morgan fingerprint density at radius 3 is 1.27 bits per heavy atom. The van der Waals surface area contributed by atoms with Crippen molar-refractivity contribution in [3.8, 4) is 95.3 Å². The highest BCUT2D eigenvalue weighted by Gasteiger charge is 2.47. The highest BCUT2D eigenvalue weighted by molar-refractivity contribution is 6.99. The zero-order valence-corrected chi connectivity index (χ0v) is 64.0. The number of hydrogen-bond acceptors (Lipinski definition) is 2. The Morgan fingerprint density at radius 2 is 0.761 bits per heavy atom. The Bertz CT molecular complexity index is 6450. The number of aromatic nitrogens is 2. The van der Waals surface area contributed by atoms with Crippen LogP contribution in [0.4, 0.5) is 22.7 Å². The smallest absolute Gasteiger partial charge is 0.247 e. The van der Waals surface area contributed by atoms with Gasteiger partial charge in [-0.25, -0.2) is 4.85 Å². The maximum absolute atomic E-state index is 11.7. The summed E-state index contributed by atoms with van der Waals surface area (Å²) < 4.78 is 4.94. The van der Waals surface area contributed by atoms with Crippen molar-refractivity contribution in [1.82, 2.24) is 9.13 Å². The fraction of sp³-hybridized carbons (Fsp3) is 0.0841. The zero-order valence-electron chi connectivity index (χ0n) is 64.0. The van der Waals surface area contributed by atoms with E-state index in [0.29, 0.717) is 11.3 Å². The molecule has 0 N–H and O–H groups in total. The van der Waals surface area contributed by atoms with Crippen molar-refractivity contribution in [1.29, 1.82) is 5.26 Å². The normalized spacial score (nSPS) is 13.1. The molecule has 2 aliphatic heterocycles. The minimum atomic E-state index is -0.511. The molecule has 0 radical (unpaired) electrons. The van der Waals surface area contributed by atoms with Crippen LogP contribution in [0.3, 0.4) is 0 Å². The van der Waals surface area contributed by atoms with Crippen LogP contribution in [-0.4, -0.2) is 15.8 Å². The summed E-state index contributed by atoms with van der Waals surface area (Å²) in [6.07, 6.45) is 0. The van der Waals surface area contributed by atoms with E-state index in [-0.39, 0.29) is 17.5 Å². The molecule has 0 aliphatic carbocycles. The number of anilines is 3. The fourth-order valence-electron chi connectivity index (χ4n) is 18.5. The summed E-state index contributed by atoms with van der Waals surface area (Å²) in [6.45, 7) is 22.5. The van der Waals surface area contributed by atoms with E-state index in [9.17, 15) is 5.26 Å². The summed E-state index contributed by atoms with van der Waals surface area (Å²) in [6, 6.07) is 135. The van der Waals surface area contributed by atoms with Gasteiger partial charge < -0.3 is 14.0 Å². The van der Waals surface area contributed by atoms with Crippen LogP contribution >= 0.6 is 0 Å². The van der Waals surface area contributed by atoms with Crippen molar-refractivity contribution in [3.05, 3.63) is 403 Å². The highest BCUT2D eigenvalue weighted by atomic mass is 15.2. The van der Waals surface area contributed by atoms with Crippen LogP contribution in [0.15, 0.2) is 358 Å². The van der Waals surface area contributed by atoms with Gasteiger partial charge in [-0.1, -0.05) is 320 Å². The molecule has 1 atom stereocenters. The predicted octanol–water partition coefficient (Wildman–Crippen LogP) is 26.4. The van der Waals surface area contributed by atoms with E-state index in [1.165, 1.54) is 43.6 Å². The van der Waals surface area contributed by atoms with Gasteiger partial charge in [-0.05, 0) is 207 Å².